The number of amides is 1. The molecule has 0 spiro atoms. The van der Waals surface area contributed by atoms with E-state index in [4.69, 9.17) is 14.0 Å². The fourth-order valence-electron chi connectivity index (χ4n) is 2.74. The Kier molecular flexibility index (Phi) is 7.65. The van der Waals surface area contributed by atoms with E-state index in [-0.39, 0.29) is 5.91 Å². The van der Waals surface area contributed by atoms with Gasteiger partial charge in [0.1, 0.15) is 16.0 Å². The molecule has 2 heterocycles. The van der Waals surface area contributed by atoms with Gasteiger partial charge in [-0.05, 0) is 52.4 Å². The van der Waals surface area contributed by atoms with Gasteiger partial charge in [0.25, 0.3) is 5.91 Å². The van der Waals surface area contributed by atoms with Crippen LogP contribution in [0.25, 0.3) is 10.7 Å². The summed E-state index contributed by atoms with van der Waals surface area (Å²) in [5.41, 5.74) is 0.494. The molecule has 0 radical (unpaired) electrons. The third-order valence-electron chi connectivity index (χ3n) is 4.27. The van der Waals surface area contributed by atoms with Crippen molar-refractivity contribution in [3.63, 3.8) is 0 Å². The third kappa shape index (κ3) is 5.57. The standard InChI is InChI=1S/C20H22BrN3O4S/c1-26-14-11-13(12-15(27-2)18(14)21)20(25)22-9-5-3-4-8-17-23-19(24-28-17)16-7-6-10-29-16/h6-7,10-12H,3-5,8-9H2,1-2H3,(H,22,25). The van der Waals surface area contributed by atoms with Gasteiger partial charge in [-0.25, -0.2) is 0 Å². The number of thiophene rings is 1. The first-order valence-electron chi connectivity index (χ1n) is 9.18. The van der Waals surface area contributed by atoms with Crippen molar-refractivity contribution in [2.24, 2.45) is 0 Å². The molecule has 9 heteroatoms. The van der Waals surface area contributed by atoms with Gasteiger partial charge in [-0.1, -0.05) is 17.6 Å². The average Bonchev–Trinajstić information content (AvgIpc) is 3.42. The number of ether oxygens (including phenoxy) is 2. The second-order valence-electron chi connectivity index (χ2n) is 6.25. The highest BCUT2D eigenvalue weighted by atomic mass is 79.9. The van der Waals surface area contributed by atoms with Gasteiger partial charge in [0.05, 0.1) is 19.1 Å². The zero-order valence-electron chi connectivity index (χ0n) is 16.2. The van der Waals surface area contributed by atoms with E-state index in [2.05, 4.69) is 31.4 Å². The van der Waals surface area contributed by atoms with Crippen molar-refractivity contribution in [3.8, 4) is 22.2 Å². The van der Waals surface area contributed by atoms with E-state index in [0.29, 0.717) is 39.8 Å². The van der Waals surface area contributed by atoms with Gasteiger partial charge in [0.15, 0.2) is 0 Å². The predicted octanol–water partition coefficient (Wildman–Crippen LogP) is 4.72. The van der Waals surface area contributed by atoms with E-state index in [1.165, 1.54) is 0 Å². The molecular weight excluding hydrogens is 458 g/mol. The Balaban J connectivity index is 1.40. The van der Waals surface area contributed by atoms with Crippen LogP contribution in [-0.4, -0.2) is 36.8 Å². The summed E-state index contributed by atoms with van der Waals surface area (Å²) < 4.78 is 16.5. The van der Waals surface area contributed by atoms with Gasteiger partial charge >= 0.3 is 0 Å². The molecule has 0 bridgehead atoms. The first-order chi connectivity index (χ1) is 14.1. The number of carbonyl (C=O) groups excluding carboxylic acids is 1. The van der Waals surface area contributed by atoms with E-state index in [9.17, 15) is 4.79 Å². The topological polar surface area (TPSA) is 86.5 Å². The molecule has 0 unspecified atom stereocenters. The summed E-state index contributed by atoms with van der Waals surface area (Å²) in [5.74, 6) is 2.23. The highest BCUT2D eigenvalue weighted by Crippen LogP contribution is 2.35. The lowest BCUT2D eigenvalue weighted by Crippen LogP contribution is -2.24. The number of nitrogens with one attached hydrogen (secondary N) is 1. The Morgan fingerprint density at radius 2 is 1.97 bits per heavy atom. The van der Waals surface area contributed by atoms with Crippen LogP contribution in [0.1, 0.15) is 35.5 Å². The summed E-state index contributed by atoms with van der Waals surface area (Å²) in [6.07, 6.45) is 3.46. The van der Waals surface area contributed by atoms with E-state index in [1.54, 1.807) is 37.7 Å². The number of unbranched alkanes of at least 4 members (excludes halogenated alkanes) is 2. The third-order valence-corrected chi connectivity index (χ3v) is 5.92. The van der Waals surface area contributed by atoms with Crippen LogP contribution in [0.15, 0.2) is 38.6 Å². The zero-order chi connectivity index (χ0) is 20.6. The lowest BCUT2D eigenvalue weighted by atomic mass is 10.1. The molecule has 1 aromatic carbocycles. The summed E-state index contributed by atoms with van der Waals surface area (Å²) in [6.45, 7) is 0.587. The minimum atomic E-state index is -0.161. The van der Waals surface area contributed by atoms with Crippen LogP contribution in [0, 0.1) is 0 Å². The molecule has 0 fully saturated rings. The van der Waals surface area contributed by atoms with E-state index in [1.807, 2.05) is 17.5 Å². The maximum Gasteiger partial charge on any atom is 0.251 e. The molecule has 7 nitrogen and oxygen atoms in total. The highest BCUT2D eigenvalue weighted by molar-refractivity contribution is 9.10. The molecule has 29 heavy (non-hydrogen) atoms. The molecule has 3 rings (SSSR count). The van der Waals surface area contributed by atoms with Gasteiger partial charge < -0.3 is 19.3 Å². The molecule has 3 aromatic rings. The number of hydrogen-bond donors (Lipinski definition) is 1. The van der Waals surface area contributed by atoms with Crippen molar-refractivity contribution in [1.29, 1.82) is 0 Å². The second kappa shape index (κ2) is 10.4. The van der Waals surface area contributed by atoms with Crippen LogP contribution in [0.3, 0.4) is 0 Å². The van der Waals surface area contributed by atoms with Crippen molar-refractivity contribution in [2.75, 3.05) is 20.8 Å². The fourth-order valence-corrected chi connectivity index (χ4v) is 3.95. The number of methoxy groups -OCH3 is 2. The van der Waals surface area contributed by atoms with Gasteiger partial charge in [0.2, 0.25) is 11.7 Å². The summed E-state index contributed by atoms with van der Waals surface area (Å²) >= 11 is 4.99. The number of halogens is 1. The lowest BCUT2D eigenvalue weighted by Gasteiger charge is -2.11. The monoisotopic (exact) mass is 479 g/mol. The number of nitrogens with zero attached hydrogens (tertiary/aromatic N) is 2. The fraction of sp³-hybridized carbons (Fsp3) is 0.350. The molecule has 0 saturated carbocycles. The number of benzene rings is 1. The van der Waals surface area contributed by atoms with Crippen LogP contribution < -0.4 is 14.8 Å². The normalized spacial score (nSPS) is 10.7. The molecule has 1 N–H and O–H groups in total. The van der Waals surface area contributed by atoms with Crippen molar-refractivity contribution >= 4 is 33.2 Å². The largest absolute Gasteiger partial charge is 0.495 e. The van der Waals surface area contributed by atoms with Gasteiger partial charge in [-0.15, -0.1) is 11.3 Å². The Hall–Kier alpha value is -2.39. The van der Waals surface area contributed by atoms with Crippen LogP contribution in [0.4, 0.5) is 0 Å². The first kappa shape index (κ1) is 21.3. The number of rotatable bonds is 10. The van der Waals surface area contributed by atoms with Crippen molar-refractivity contribution < 1.29 is 18.8 Å². The summed E-state index contributed by atoms with van der Waals surface area (Å²) in [6, 6.07) is 7.30. The quantitative estimate of drug-likeness (QED) is 0.423. The molecular formula is C20H22BrN3O4S. The molecule has 154 valence electrons. The molecule has 0 atom stereocenters. The minimum Gasteiger partial charge on any atom is -0.495 e. The first-order valence-corrected chi connectivity index (χ1v) is 10.9. The van der Waals surface area contributed by atoms with E-state index in [0.717, 1.165) is 30.6 Å². The SMILES string of the molecule is COc1cc(C(=O)NCCCCCc2nc(-c3cccs3)no2)cc(OC)c1Br. The minimum absolute atomic E-state index is 0.161. The summed E-state index contributed by atoms with van der Waals surface area (Å²) in [4.78, 5) is 17.8. The molecule has 1 amide bonds. The van der Waals surface area contributed by atoms with E-state index >= 15 is 0 Å². The summed E-state index contributed by atoms with van der Waals surface area (Å²) in [5, 5.41) is 8.92. The number of aromatic nitrogens is 2. The van der Waals surface area contributed by atoms with Gasteiger partial charge in [-0.3, -0.25) is 4.79 Å². The number of aryl methyl sites for hydroxylation is 1. The van der Waals surface area contributed by atoms with Crippen LogP contribution in [0.5, 0.6) is 11.5 Å². The Morgan fingerprint density at radius 1 is 1.21 bits per heavy atom. The predicted molar refractivity (Wildman–Crippen MR) is 115 cm³/mol. The van der Waals surface area contributed by atoms with Crippen LogP contribution in [-0.2, 0) is 6.42 Å². The molecule has 2 aromatic heterocycles. The molecule has 0 saturated heterocycles. The lowest BCUT2D eigenvalue weighted by molar-refractivity contribution is 0.0952. The highest BCUT2D eigenvalue weighted by Gasteiger charge is 2.14. The molecule has 0 aliphatic heterocycles. The Labute approximate surface area is 181 Å². The molecule has 0 aliphatic carbocycles. The van der Waals surface area contributed by atoms with Crippen molar-refractivity contribution in [2.45, 2.75) is 25.7 Å². The number of carbonyl (C=O) groups is 1. The number of hydrogen-bond acceptors (Lipinski definition) is 7. The second-order valence-corrected chi connectivity index (χ2v) is 7.99. The maximum atomic E-state index is 12.4. The average molecular weight is 480 g/mol. The Morgan fingerprint density at radius 3 is 2.62 bits per heavy atom. The van der Waals surface area contributed by atoms with Crippen molar-refractivity contribution in [3.05, 3.63) is 45.6 Å². The Bertz CT molecular complexity index is 918. The zero-order valence-corrected chi connectivity index (χ0v) is 18.6. The van der Waals surface area contributed by atoms with Crippen LogP contribution in [0.2, 0.25) is 0 Å². The van der Waals surface area contributed by atoms with Crippen molar-refractivity contribution in [1.82, 2.24) is 15.5 Å². The molecule has 0 aliphatic rings. The van der Waals surface area contributed by atoms with Crippen LogP contribution >= 0.6 is 27.3 Å². The van der Waals surface area contributed by atoms with Gasteiger partial charge in [-0.2, -0.15) is 4.98 Å². The maximum absolute atomic E-state index is 12.4. The summed E-state index contributed by atoms with van der Waals surface area (Å²) in [7, 11) is 3.10. The van der Waals surface area contributed by atoms with Gasteiger partial charge in [0, 0.05) is 18.5 Å². The van der Waals surface area contributed by atoms with E-state index < -0.39 is 0 Å². The smallest absolute Gasteiger partial charge is 0.251 e.